The second-order valence-electron chi connectivity index (χ2n) is 7.19. The van der Waals surface area contributed by atoms with Crippen molar-refractivity contribution in [2.75, 3.05) is 13.1 Å². The molecule has 3 nitrogen and oxygen atoms in total. The van der Waals surface area contributed by atoms with Gasteiger partial charge in [-0.1, -0.05) is 30.3 Å². The van der Waals surface area contributed by atoms with Gasteiger partial charge in [0.25, 0.3) is 0 Å². The molecule has 1 amide bonds. The number of carbonyl (C=O) groups is 1. The van der Waals surface area contributed by atoms with Gasteiger partial charge in [-0.2, -0.15) is 0 Å². The van der Waals surface area contributed by atoms with Crippen LogP contribution in [0.25, 0.3) is 0 Å². The predicted octanol–water partition coefficient (Wildman–Crippen LogP) is 4.57. The molecule has 3 atom stereocenters. The molecule has 2 saturated heterocycles. The molecule has 1 N–H and O–H groups in total. The first-order chi connectivity index (χ1) is 13.1. The van der Waals surface area contributed by atoms with Gasteiger partial charge in [0.15, 0.2) is 0 Å². The van der Waals surface area contributed by atoms with Crippen LogP contribution in [0.4, 0.5) is 8.78 Å². The van der Waals surface area contributed by atoms with Gasteiger partial charge in [0, 0.05) is 36.1 Å². The van der Waals surface area contributed by atoms with Crippen LogP contribution in [0.5, 0.6) is 0 Å². The number of thioether (sulfide) groups is 1. The zero-order valence-electron chi connectivity index (χ0n) is 15.3. The summed E-state index contributed by atoms with van der Waals surface area (Å²) in [5.74, 6) is -1.26. The standard InChI is InChI=1S/C21H22F2N2OS.ClH/c22-15-6-9-19(18(23)12-15)27-20(14-4-2-1-3-5-14)21(26)25-11-10-16-7-8-17(13-25)24-16;/h1-6,9,12,16-17,20,24H,7-8,10-11,13H2;1H. The summed E-state index contributed by atoms with van der Waals surface area (Å²) in [6.45, 7) is 1.40. The van der Waals surface area contributed by atoms with Crippen molar-refractivity contribution in [3.8, 4) is 0 Å². The highest BCUT2D eigenvalue weighted by molar-refractivity contribution is 8.00. The lowest BCUT2D eigenvalue weighted by atomic mass is 10.1. The van der Waals surface area contributed by atoms with Gasteiger partial charge in [-0.15, -0.1) is 24.2 Å². The number of carbonyl (C=O) groups excluding carboxylic acids is 1. The highest BCUT2D eigenvalue weighted by Gasteiger charge is 2.34. The summed E-state index contributed by atoms with van der Waals surface area (Å²) in [5, 5.41) is 3.03. The van der Waals surface area contributed by atoms with Crippen molar-refractivity contribution in [3.63, 3.8) is 0 Å². The molecule has 3 unspecified atom stereocenters. The van der Waals surface area contributed by atoms with E-state index in [1.807, 2.05) is 35.2 Å². The van der Waals surface area contributed by atoms with Crippen molar-refractivity contribution in [2.24, 2.45) is 0 Å². The van der Waals surface area contributed by atoms with Gasteiger partial charge >= 0.3 is 0 Å². The predicted molar refractivity (Wildman–Crippen MR) is 110 cm³/mol. The molecule has 2 aliphatic rings. The molecular weight excluding hydrogens is 402 g/mol. The topological polar surface area (TPSA) is 32.3 Å². The number of fused-ring (bicyclic) bond motifs is 2. The molecule has 0 saturated carbocycles. The van der Waals surface area contributed by atoms with Gasteiger partial charge in [0.05, 0.1) is 0 Å². The van der Waals surface area contributed by atoms with E-state index in [1.54, 1.807) is 0 Å². The Balaban J connectivity index is 0.00000225. The number of rotatable bonds is 4. The van der Waals surface area contributed by atoms with Gasteiger partial charge < -0.3 is 10.2 Å². The van der Waals surface area contributed by atoms with E-state index < -0.39 is 16.9 Å². The normalized spacial score (nSPS) is 22.3. The van der Waals surface area contributed by atoms with Crippen LogP contribution in [0.3, 0.4) is 0 Å². The van der Waals surface area contributed by atoms with Crippen LogP contribution in [0, 0.1) is 11.6 Å². The molecule has 2 bridgehead atoms. The number of benzene rings is 2. The Morgan fingerprint density at radius 1 is 1.07 bits per heavy atom. The molecule has 7 heteroatoms. The van der Waals surface area contributed by atoms with Crippen LogP contribution in [0.15, 0.2) is 53.4 Å². The van der Waals surface area contributed by atoms with E-state index in [9.17, 15) is 13.6 Å². The van der Waals surface area contributed by atoms with Crippen LogP contribution < -0.4 is 5.32 Å². The first-order valence-electron chi connectivity index (χ1n) is 9.31. The fourth-order valence-corrected chi connectivity index (χ4v) is 5.01. The number of hydrogen-bond donors (Lipinski definition) is 1. The maximum Gasteiger partial charge on any atom is 0.240 e. The van der Waals surface area contributed by atoms with E-state index in [1.165, 1.54) is 18.6 Å². The molecule has 2 heterocycles. The van der Waals surface area contributed by atoms with E-state index >= 15 is 0 Å². The third-order valence-electron chi connectivity index (χ3n) is 5.30. The van der Waals surface area contributed by atoms with Gasteiger partial charge in [-0.25, -0.2) is 8.78 Å². The summed E-state index contributed by atoms with van der Waals surface area (Å²) in [7, 11) is 0. The van der Waals surface area contributed by atoms with Gasteiger partial charge in [0.1, 0.15) is 16.9 Å². The molecule has 0 aromatic heterocycles. The van der Waals surface area contributed by atoms with E-state index in [0.29, 0.717) is 25.2 Å². The van der Waals surface area contributed by atoms with Crippen LogP contribution in [0.2, 0.25) is 0 Å². The zero-order chi connectivity index (χ0) is 18.8. The van der Waals surface area contributed by atoms with Crippen molar-refractivity contribution in [1.82, 2.24) is 10.2 Å². The van der Waals surface area contributed by atoms with Crippen molar-refractivity contribution >= 4 is 30.1 Å². The number of nitrogens with zero attached hydrogens (tertiary/aromatic N) is 1. The maximum atomic E-state index is 14.2. The number of hydrogen-bond acceptors (Lipinski definition) is 3. The van der Waals surface area contributed by atoms with E-state index in [0.717, 1.165) is 36.2 Å². The van der Waals surface area contributed by atoms with Crippen LogP contribution in [-0.4, -0.2) is 36.0 Å². The smallest absolute Gasteiger partial charge is 0.240 e. The molecule has 2 aromatic rings. The minimum atomic E-state index is -0.634. The minimum absolute atomic E-state index is 0. The van der Waals surface area contributed by atoms with Crippen molar-refractivity contribution in [1.29, 1.82) is 0 Å². The highest BCUT2D eigenvalue weighted by Crippen LogP contribution is 2.38. The largest absolute Gasteiger partial charge is 0.340 e. The molecule has 0 spiro atoms. The quantitative estimate of drug-likeness (QED) is 0.729. The SMILES string of the molecule is Cl.O=C(C(Sc1ccc(F)cc1F)c1ccccc1)N1CCC2CCC(C1)N2. The molecule has 4 rings (SSSR count). The second kappa shape index (κ2) is 9.25. The third kappa shape index (κ3) is 4.67. The highest BCUT2D eigenvalue weighted by atomic mass is 35.5. The fourth-order valence-electron chi connectivity index (χ4n) is 3.90. The van der Waals surface area contributed by atoms with E-state index in [2.05, 4.69) is 5.32 Å². The summed E-state index contributed by atoms with van der Waals surface area (Å²) in [5.41, 5.74) is 0.832. The molecule has 2 aromatic carbocycles. The Kier molecular flexibility index (Phi) is 6.96. The monoisotopic (exact) mass is 424 g/mol. The second-order valence-corrected chi connectivity index (χ2v) is 8.34. The van der Waals surface area contributed by atoms with Gasteiger partial charge in [-0.3, -0.25) is 4.79 Å². The lowest BCUT2D eigenvalue weighted by Gasteiger charge is -2.28. The summed E-state index contributed by atoms with van der Waals surface area (Å²) in [4.78, 5) is 15.6. The Morgan fingerprint density at radius 3 is 2.57 bits per heavy atom. The van der Waals surface area contributed by atoms with Gasteiger partial charge in [0.2, 0.25) is 5.91 Å². The summed E-state index contributed by atoms with van der Waals surface area (Å²) in [6.07, 6.45) is 3.20. The number of amides is 1. The van der Waals surface area contributed by atoms with Crippen LogP contribution in [0.1, 0.15) is 30.1 Å². The molecule has 150 valence electrons. The zero-order valence-corrected chi connectivity index (χ0v) is 16.9. The van der Waals surface area contributed by atoms with Crippen molar-refractivity contribution < 1.29 is 13.6 Å². The summed E-state index contributed by atoms with van der Waals surface area (Å²) >= 11 is 1.15. The Morgan fingerprint density at radius 2 is 1.82 bits per heavy atom. The van der Waals surface area contributed by atoms with Crippen LogP contribution >= 0.6 is 24.2 Å². The number of halogens is 3. The first kappa shape index (κ1) is 21.1. The van der Waals surface area contributed by atoms with E-state index in [4.69, 9.17) is 0 Å². The Hall–Kier alpha value is -1.63. The molecule has 0 aliphatic carbocycles. The minimum Gasteiger partial charge on any atom is -0.340 e. The number of nitrogens with one attached hydrogen (secondary N) is 1. The molecule has 0 radical (unpaired) electrons. The molecular formula is C21H23ClF2N2OS. The first-order valence-corrected chi connectivity index (χ1v) is 10.2. The lowest BCUT2D eigenvalue weighted by Crippen LogP contribution is -2.40. The third-order valence-corrected chi connectivity index (χ3v) is 6.59. The number of likely N-dealkylation sites (tertiary alicyclic amines) is 1. The summed E-state index contributed by atoms with van der Waals surface area (Å²) < 4.78 is 27.5. The molecule has 2 aliphatic heterocycles. The van der Waals surface area contributed by atoms with Crippen molar-refractivity contribution in [2.45, 2.75) is 41.5 Å². The average Bonchev–Trinajstić information content (AvgIpc) is 3.00. The summed E-state index contributed by atoms with van der Waals surface area (Å²) in [6, 6.07) is 13.8. The lowest BCUT2D eigenvalue weighted by molar-refractivity contribution is -0.131. The maximum absolute atomic E-state index is 14.2. The van der Waals surface area contributed by atoms with Crippen molar-refractivity contribution in [3.05, 3.63) is 65.7 Å². The fraction of sp³-hybridized carbons (Fsp3) is 0.381. The molecule has 2 fully saturated rings. The average molecular weight is 425 g/mol. The van der Waals surface area contributed by atoms with E-state index in [-0.39, 0.29) is 23.2 Å². The Labute approximate surface area is 174 Å². The Bertz CT molecular complexity index is 823. The molecule has 28 heavy (non-hydrogen) atoms. The van der Waals surface area contributed by atoms with Crippen LogP contribution in [-0.2, 0) is 4.79 Å². The van der Waals surface area contributed by atoms with Gasteiger partial charge in [-0.05, 0) is 37.0 Å².